The third kappa shape index (κ3) is 2.54. The summed E-state index contributed by atoms with van der Waals surface area (Å²) in [5.74, 6) is 0. The Morgan fingerprint density at radius 3 is 2.33 bits per heavy atom. The van der Waals surface area contributed by atoms with Crippen molar-refractivity contribution in [2.45, 2.75) is 89.6 Å². The van der Waals surface area contributed by atoms with E-state index in [0.29, 0.717) is 11.5 Å². The minimum absolute atomic E-state index is 0.0754. The first kappa shape index (κ1) is 14.5. The minimum Gasteiger partial charge on any atom is -0.413 e. The molecule has 0 aliphatic heterocycles. The molecule has 3 atom stereocenters. The van der Waals surface area contributed by atoms with Gasteiger partial charge < -0.3 is 9.53 Å². The van der Waals surface area contributed by atoms with Crippen LogP contribution in [-0.4, -0.2) is 25.6 Å². The molecular weight excluding hydrogens is 240 g/mol. The quantitative estimate of drug-likeness (QED) is 0.766. The second-order valence-electron chi connectivity index (χ2n) is 8.02. The van der Waals surface area contributed by atoms with E-state index in [-0.39, 0.29) is 11.1 Å². The Balaban J connectivity index is 2.09. The Kier molecular flexibility index (Phi) is 3.72. The normalized spacial score (nSPS) is 37.7. The molecule has 2 aliphatic rings. The molecule has 1 N–H and O–H groups in total. The van der Waals surface area contributed by atoms with Gasteiger partial charge in [-0.1, -0.05) is 27.2 Å². The lowest BCUT2D eigenvalue weighted by Crippen LogP contribution is -2.47. The van der Waals surface area contributed by atoms with E-state index in [1.54, 1.807) is 0 Å². The van der Waals surface area contributed by atoms with Crippen LogP contribution in [0.2, 0.25) is 18.1 Å². The second-order valence-corrected chi connectivity index (χ2v) is 12.8. The van der Waals surface area contributed by atoms with E-state index in [1.807, 2.05) is 0 Å². The summed E-state index contributed by atoms with van der Waals surface area (Å²) in [6.45, 7) is 11.6. The molecule has 0 amide bonds. The first-order valence-corrected chi connectivity index (χ1v) is 10.4. The SMILES string of the molecule is CC(C)(C)[Si](C)(C)O[C@H]1CCC[C@]12CC[C@@H](O)C2. The molecule has 1 spiro atoms. The van der Waals surface area contributed by atoms with Crippen LogP contribution in [0, 0.1) is 5.41 Å². The highest BCUT2D eigenvalue weighted by Gasteiger charge is 2.51. The average Bonchev–Trinajstić information content (AvgIpc) is 2.74. The van der Waals surface area contributed by atoms with Gasteiger partial charge in [-0.3, -0.25) is 0 Å². The van der Waals surface area contributed by atoms with Crippen LogP contribution < -0.4 is 0 Å². The zero-order valence-electron chi connectivity index (χ0n) is 12.8. The molecule has 18 heavy (non-hydrogen) atoms. The summed E-state index contributed by atoms with van der Waals surface area (Å²) in [5, 5.41) is 10.2. The molecule has 0 heterocycles. The van der Waals surface area contributed by atoms with Gasteiger partial charge in [-0.05, 0) is 55.7 Å². The lowest BCUT2D eigenvalue weighted by Gasteiger charge is -2.43. The van der Waals surface area contributed by atoms with Crippen LogP contribution in [0.15, 0.2) is 0 Å². The third-order valence-corrected chi connectivity index (χ3v) is 10.2. The smallest absolute Gasteiger partial charge is 0.192 e. The van der Waals surface area contributed by atoms with Crippen LogP contribution >= 0.6 is 0 Å². The summed E-state index contributed by atoms with van der Waals surface area (Å²) in [6.07, 6.45) is 7.23. The largest absolute Gasteiger partial charge is 0.413 e. The van der Waals surface area contributed by atoms with Crippen molar-refractivity contribution in [3.63, 3.8) is 0 Å². The van der Waals surface area contributed by atoms with E-state index in [1.165, 1.54) is 25.7 Å². The Morgan fingerprint density at radius 2 is 1.83 bits per heavy atom. The molecule has 106 valence electrons. The van der Waals surface area contributed by atoms with Crippen LogP contribution in [0.1, 0.15) is 59.3 Å². The second kappa shape index (κ2) is 4.60. The molecule has 0 bridgehead atoms. The monoisotopic (exact) mass is 270 g/mol. The zero-order chi connectivity index (χ0) is 13.6. The van der Waals surface area contributed by atoms with E-state index in [2.05, 4.69) is 33.9 Å². The number of rotatable bonds is 2. The molecule has 0 unspecified atom stereocenters. The Hall–Kier alpha value is 0.137. The van der Waals surface area contributed by atoms with Crippen LogP contribution in [0.3, 0.4) is 0 Å². The molecule has 0 aromatic carbocycles. The molecule has 2 fully saturated rings. The topological polar surface area (TPSA) is 29.5 Å². The molecule has 0 aromatic heterocycles. The van der Waals surface area contributed by atoms with Gasteiger partial charge in [0.2, 0.25) is 0 Å². The first-order chi connectivity index (χ1) is 8.16. The Bertz CT molecular complexity index is 308. The number of hydrogen-bond donors (Lipinski definition) is 1. The van der Waals surface area contributed by atoms with Crippen molar-refractivity contribution in [2.75, 3.05) is 0 Å². The van der Waals surface area contributed by atoms with Crippen LogP contribution in [0.4, 0.5) is 0 Å². The van der Waals surface area contributed by atoms with Crippen LogP contribution in [0.5, 0.6) is 0 Å². The number of aliphatic hydroxyl groups is 1. The van der Waals surface area contributed by atoms with Gasteiger partial charge in [-0.2, -0.15) is 0 Å². The summed E-state index contributed by atoms with van der Waals surface area (Å²) in [5.41, 5.74) is 0.314. The molecular formula is C15H30O2Si. The Morgan fingerprint density at radius 1 is 1.17 bits per heavy atom. The van der Waals surface area contributed by atoms with Crippen molar-refractivity contribution in [3.05, 3.63) is 0 Å². The summed E-state index contributed by atoms with van der Waals surface area (Å²) in [7, 11) is -1.67. The predicted octanol–water partition coefficient (Wildman–Crippen LogP) is 4.09. The van der Waals surface area contributed by atoms with Crippen molar-refractivity contribution in [1.29, 1.82) is 0 Å². The van der Waals surface area contributed by atoms with Crippen molar-refractivity contribution in [3.8, 4) is 0 Å². The summed E-state index contributed by atoms with van der Waals surface area (Å²) in [4.78, 5) is 0. The maximum Gasteiger partial charge on any atom is 0.192 e. The molecule has 0 aromatic rings. The molecule has 2 nitrogen and oxygen atoms in total. The molecule has 3 heteroatoms. The number of aliphatic hydroxyl groups excluding tert-OH is 1. The molecule has 2 saturated carbocycles. The fourth-order valence-corrected chi connectivity index (χ4v) is 4.90. The maximum absolute atomic E-state index is 9.89. The molecule has 2 rings (SSSR count). The highest BCUT2D eigenvalue weighted by Crippen LogP contribution is 2.53. The van der Waals surface area contributed by atoms with E-state index in [9.17, 15) is 5.11 Å². The van der Waals surface area contributed by atoms with Gasteiger partial charge in [0.05, 0.1) is 12.2 Å². The summed E-state index contributed by atoms with van der Waals surface area (Å²) < 4.78 is 6.68. The van der Waals surface area contributed by atoms with Gasteiger partial charge in [0.15, 0.2) is 8.32 Å². The number of hydrogen-bond acceptors (Lipinski definition) is 2. The van der Waals surface area contributed by atoms with Crippen molar-refractivity contribution in [1.82, 2.24) is 0 Å². The van der Waals surface area contributed by atoms with Gasteiger partial charge in [0.25, 0.3) is 0 Å². The van der Waals surface area contributed by atoms with Crippen molar-refractivity contribution in [2.24, 2.45) is 5.41 Å². The third-order valence-electron chi connectivity index (χ3n) is 5.68. The predicted molar refractivity (Wildman–Crippen MR) is 78.2 cm³/mol. The van der Waals surface area contributed by atoms with Crippen molar-refractivity contribution >= 4 is 8.32 Å². The zero-order valence-corrected chi connectivity index (χ0v) is 13.8. The van der Waals surface area contributed by atoms with Crippen molar-refractivity contribution < 1.29 is 9.53 Å². The van der Waals surface area contributed by atoms with E-state index in [0.717, 1.165) is 12.8 Å². The lowest BCUT2D eigenvalue weighted by atomic mass is 9.82. The van der Waals surface area contributed by atoms with E-state index < -0.39 is 8.32 Å². The first-order valence-electron chi connectivity index (χ1n) is 7.52. The average molecular weight is 270 g/mol. The van der Waals surface area contributed by atoms with Gasteiger partial charge in [-0.25, -0.2) is 0 Å². The fourth-order valence-electron chi connectivity index (χ4n) is 3.47. The van der Waals surface area contributed by atoms with Crippen LogP contribution in [-0.2, 0) is 4.43 Å². The van der Waals surface area contributed by atoms with E-state index in [4.69, 9.17) is 4.43 Å². The van der Waals surface area contributed by atoms with Gasteiger partial charge in [0, 0.05) is 0 Å². The highest BCUT2D eigenvalue weighted by molar-refractivity contribution is 6.74. The standard InChI is InChI=1S/C15H30O2Si/c1-14(2,3)18(4,5)17-13-7-6-9-15(13)10-8-12(16)11-15/h12-13,16H,6-11H2,1-5H3/t12-,13+,15-/m1/s1. The fraction of sp³-hybridized carbons (Fsp3) is 1.00. The maximum atomic E-state index is 9.89. The molecule has 0 saturated heterocycles. The Labute approximate surface area is 113 Å². The van der Waals surface area contributed by atoms with Gasteiger partial charge in [0.1, 0.15) is 0 Å². The highest BCUT2D eigenvalue weighted by atomic mass is 28.4. The van der Waals surface area contributed by atoms with E-state index >= 15 is 0 Å². The van der Waals surface area contributed by atoms with Crippen LogP contribution in [0.25, 0.3) is 0 Å². The van der Waals surface area contributed by atoms with Gasteiger partial charge >= 0.3 is 0 Å². The summed E-state index contributed by atoms with van der Waals surface area (Å²) >= 11 is 0. The lowest BCUT2D eigenvalue weighted by molar-refractivity contribution is 0.0535. The summed E-state index contributed by atoms with van der Waals surface area (Å²) in [6, 6.07) is 0. The minimum atomic E-state index is -1.67. The van der Waals surface area contributed by atoms with Gasteiger partial charge in [-0.15, -0.1) is 0 Å². The molecule has 2 aliphatic carbocycles. The molecule has 0 radical (unpaired) electrons.